The van der Waals surface area contributed by atoms with Gasteiger partial charge in [-0.2, -0.15) is 0 Å². The third-order valence-electron chi connectivity index (χ3n) is 2.47. The molecule has 0 radical (unpaired) electrons. The molecule has 0 heterocycles. The van der Waals surface area contributed by atoms with Crippen molar-refractivity contribution in [1.82, 2.24) is 6.15 Å². The Morgan fingerprint density at radius 1 is 0.706 bits per heavy atom. The summed E-state index contributed by atoms with van der Waals surface area (Å²) in [5.74, 6) is 1.72. The van der Waals surface area contributed by atoms with Crippen LogP contribution in [0.4, 0.5) is 0 Å². The molecule has 3 heteroatoms. The van der Waals surface area contributed by atoms with Crippen LogP contribution in [0.5, 0.6) is 11.5 Å². The summed E-state index contributed by atoms with van der Waals surface area (Å²) >= 11 is 0. The van der Waals surface area contributed by atoms with Crippen molar-refractivity contribution in [3.8, 4) is 22.6 Å². The van der Waals surface area contributed by atoms with E-state index < -0.39 is 0 Å². The zero-order valence-corrected chi connectivity index (χ0v) is 10.1. The van der Waals surface area contributed by atoms with E-state index in [4.69, 9.17) is 9.47 Å². The first-order valence-electron chi connectivity index (χ1n) is 5.12. The lowest BCUT2D eigenvalue weighted by atomic mass is 10.1. The monoisotopic (exact) mass is 231 g/mol. The van der Waals surface area contributed by atoms with Crippen LogP contribution < -0.4 is 15.6 Å². The largest absolute Gasteiger partial charge is 0.497 e. The molecule has 90 valence electrons. The lowest BCUT2D eigenvalue weighted by Crippen LogP contribution is -1.85. The molecule has 3 N–H and O–H groups in total. The number of ether oxygens (including phenoxy) is 2. The van der Waals surface area contributed by atoms with Crippen molar-refractivity contribution >= 4 is 0 Å². The van der Waals surface area contributed by atoms with Crippen LogP contribution in [0.2, 0.25) is 0 Å². The fourth-order valence-electron chi connectivity index (χ4n) is 1.61. The molecule has 0 unspecified atom stereocenters. The molecule has 0 aromatic heterocycles. The van der Waals surface area contributed by atoms with E-state index in [1.54, 1.807) is 14.2 Å². The van der Waals surface area contributed by atoms with Crippen LogP contribution in [-0.2, 0) is 0 Å². The van der Waals surface area contributed by atoms with Crippen LogP contribution >= 0.6 is 0 Å². The highest BCUT2D eigenvalue weighted by Crippen LogP contribution is 2.26. The van der Waals surface area contributed by atoms with E-state index in [2.05, 4.69) is 12.1 Å². The smallest absolute Gasteiger partial charge is 0.119 e. The molecule has 0 amide bonds. The molecule has 0 atom stereocenters. The molecule has 0 bridgehead atoms. The summed E-state index contributed by atoms with van der Waals surface area (Å²) < 4.78 is 10.4. The maximum absolute atomic E-state index is 5.20. The summed E-state index contributed by atoms with van der Waals surface area (Å²) in [6, 6.07) is 16.0. The van der Waals surface area contributed by atoms with Gasteiger partial charge in [0.1, 0.15) is 11.5 Å². The standard InChI is InChI=1S/C14H14O2.H3N/c1-15-13-7-3-5-11(9-13)12-6-4-8-14(10-12)16-2;/h3-10H,1-2H3;1H3. The van der Waals surface area contributed by atoms with Crippen molar-refractivity contribution in [2.24, 2.45) is 0 Å². The van der Waals surface area contributed by atoms with Crippen molar-refractivity contribution in [1.29, 1.82) is 0 Å². The third kappa shape index (κ3) is 2.98. The van der Waals surface area contributed by atoms with Crippen LogP contribution in [0.25, 0.3) is 11.1 Å². The fourth-order valence-corrected chi connectivity index (χ4v) is 1.61. The van der Waals surface area contributed by atoms with Gasteiger partial charge in [-0.05, 0) is 35.4 Å². The number of methoxy groups -OCH3 is 2. The van der Waals surface area contributed by atoms with Crippen LogP contribution in [0, 0.1) is 0 Å². The van der Waals surface area contributed by atoms with Crippen molar-refractivity contribution in [3.05, 3.63) is 48.5 Å². The first-order chi connectivity index (χ1) is 7.83. The molecule has 2 aromatic rings. The predicted molar refractivity (Wildman–Crippen MR) is 70.0 cm³/mol. The molecule has 0 aliphatic rings. The highest BCUT2D eigenvalue weighted by atomic mass is 16.5. The summed E-state index contributed by atoms with van der Waals surface area (Å²) in [6.07, 6.45) is 0. The van der Waals surface area contributed by atoms with Gasteiger partial charge in [0.25, 0.3) is 0 Å². The molecule has 0 aliphatic heterocycles. The van der Waals surface area contributed by atoms with E-state index >= 15 is 0 Å². The van der Waals surface area contributed by atoms with Gasteiger partial charge >= 0.3 is 0 Å². The molecule has 0 aliphatic carbocycles. The van der Waals surface area contributed by atoms with E-state index in [-0.39, 0.29) is 6.15 Å². The zero-order chi connectivity index (χ0) is 11.4. The highest BCUT2D eigenvalue weighted by Gasteiger charge is 2.00. The van der Waals surface area contributed by atoms with Crippen LogP contribution in [0.1, 0.15) is 0 Å². The van der Waals surface area contributed by atoms with Gasteiger partial charge in [-0.1, -0.05) is 24.3 Å². The summed E-state index contributed by atoms with van der Waals surface area (Å²) in [6.45, 7) is 0. The van der Waals surface area contributed by atoms with Gasteiger partial charge in [0, 0.05) is 0 Å². The van der Waals surface area contributed by atoms with Gasteiger partial charge in [-0.15, -0.1) is 0 Å². The minimum atomic E-state index is 0. The summed E-state index contributed by atoms with van der Waals surface area (Å²) in [5, 5.41) is 0. The van der Waals surface area contributed by atoms with Gasteiger partial charge in [0.2, 0.25) is 0 Å². The molecule has 3 nitrogen and oxygen atoms in total. The van der Waals surface area contributed by atoms with Gasteiger partial charge in [0.15, 0.2) is 0 Å². The first kappa shape index (κ1) is 13.1. The quantitative estimate of drug-likeness (QED) is 0.879. The molecular weight excluding hydrogens is 214 g/mol. The van der Waals surface area contributed by atoms with Crippen LogP contribution in [-0.4, -0.2) is 14.2 Å². The zero-order valence-electron chi connectivity index (χ0n) is 10.1. The molecular formula is C14H17NO2. The molecule has 17 heavy (non-hydrogen) atoms. The normalized spacial score (nSPS) is 9.29. The number of rotatable bonds is 3. The van der Waals surface area contributed by atoms with Gasteiger partial charge < -0.3 is 15.6 Å². The molecule has 2 rings (SSSR count). The van der Waals surface area contributed by atoms with Crippen LogP contribution in [0.3, 0.4) is 0 Å². The van der Waals surface area contributed by atoms with Crippen molar-refractivity contribution in [3.63, 3.8) is 0 Å². The number of benzene rings is 2. The van der Waals surface area contributed by atoms with E-state index in [0.717, 1.165) is 22.6 Å². The average molecular weight is 231 g/mol. The molecule has 2 aromatic carbocycles. The fraction of sp³-hybridized carbons (Fsp3) is 0.143. The van der Waals surface area contributed by atoms with Crippen molar-refractivity contribution in [2.75, 3.05) is 14.2 Å². The SMILES string of the molecule is COc1cccc(-c2cccc(OC)c2)c1.N. The summed E-state index contributed by atoms with van der Waals surface area (Å²) in [7, 11) is 3.34. The Kier molecular flexibility index (Phi) is 4.55. The second kappa shape index (κ2) is 5.92. The maximum atomic E-state index is 5.20. The number of hydrogen-bond acceptors (Lipinski definition) is 3. The van der Waals surface area contributed by atoms with Crippen molar-refractivity contribution < 1.29 is 9.47 Å². The predicted octanol–water partition coefficient (Wildman–Crippen LogP) is 3.53. The average Bonchev–Trinajstić information content (AvgIpc) is 2.39. The molecule has 0 spiro atoms. The second-order valence-corrected chi connectivity index (χ2v) is 3.46. The van der Waals surface area contributed by atoms with Crippen molar-refractivity contribution in [2.45, 2.75) is 0 Å². The number of hydrogen-bond donors (Lipinski definition) is 1. The van der Waals surface area contributed by atoms with Crippen LogP contribution in [0.15, 0.2) is 48.5 Å². The molecule has 0 fully saturated rings. The Hall–Kier alpha value is -2.00. The van der Waals surface area contributed by atoms with Gasteiger partial charge in [0.05, 0.1) is 14.2 Å². The lowest BCUT2D eigenvalue weighted by molar-refractivity contribution is 0.414. The molecule has 0 saturated heterocycles. The Bertz CT molecular complexity index is 438. The van der Waals surface area contributed by atoms with E-state index in [1.807, 2.05) is 36.4 Å². The Balaban J connectivity index is 0.00000144. The van der Waals surface area contributed by atoms with E-state index in [1.165, 1.54) is 0 Å². The Labute approximate surface area is 102 Å². The minimum Gasteiger partial charge on any atom is -0.497 e. The maximum Gasteiger partial charge on any atom is 0.119 e. The van der Waals surface area contributed by atoms with Gasteiger partial charge in [-0.25, -0.2) is 0 Å². The summed E-state index contributed by atoms with van der Waals surface area (Å²) in [4.78, 5) is 0. The first-order valence-corrected chi connectivity index (χ1v) is 5.12. The lowest BCUT2D eigenvalue weighted by Gasteiger charge is -2.06. The molecule has 0 saturated carbocycles. The van der Waals surface area contributed by atoms with E-state index in [9.17, 15) is 0 Å². The Morgan fingerprint density at radius 2 is 1.12 bits per heavy atom. The Morgan fingerprint density at radius 3 is 1.47 bits per heavy atom. The summed E-state index contributed by atoms with van der Waals surface area (Å²) in [5.41, 5.74) is 2.25. The minimum absolute atomic E-state index is 0. The third-order valence-corrected chi connectivity index (χ3v) is 2.47. The highest BCUT2D eigenvalue weighted by molar-refractivity contribution is 5.66. The topological polar surface area (TPSA) is 53.5 Å². The van der Waals surface area contributed by atoms with Gasteiger partial charge in [-0.3, -0.25) is 0 Å². The second-order valence-electron chi connectivity index (χ2n) is 3.46. The van der Waals surface area contributed by atoms with E-state index in [0.29, 0.717) is 0 Å².